The van der Waals surface area contributed by atoms with Crippen LogP contribution in [-0.2, 0) is 4.74 Å². The molecule has 0 radical (unpaired) electrons. The van der Waals surface area contributed by atoms with Crippen molar-refractivity contribution in [2.45, 2.75) is 13.3 Å². The van der Waals surface area contributed by atoms with Crippen molar-refractivity contribution in [1.29, 1.82) is 0 Å². The lowest BCUT2D eigenvalue weighted by atomic mass is 10.2. The number of benzene rings is 1. The van der Waals surface area contributed by atoms with E-state index in [9.17, 15) is 9.59 Å². The van der Waals surface area contributed by atoms with Gasteiger partial charge >= 0.3 is 0 Å². The molecule has 2 N–H and O–H groups in total. The van der Waals surface area contributed by atoms with Gasteiger partial charge in [0.1, 0.15) is 5.75 Å². The number of nitrogens with zero attached hydrogens (tertiary/aromatic N) is 2. The Labute approximate surface area is 168 Å². The molecule has 2 aromatic heterocycles. The first kappa shape index (κ1) is 20.3. The Hall–Kier alpha value is -3.39. The van der Waals surface area contributed by atoms with Crippen molar-refractivity contribution in [3.8, 4) is 5.75 Å². The van der Waals surface area contributed by atoms with E-state index < -0.39 is 5.91 Å². The fourth-order valence-corrected chi connectivity index (χ4v) is 2.85. The Kier molecular flexibility index (Phi) is 6.80. The fourth-order valence-electron chi connectivity index (χ4n) is 2.85. The number of hydrogen-bond acceptors (Lipinski definition) is 5. The summed E-state index contributed by atoms with van der Waals surface area (Å²) < 4.78 is 12.0. The molecule has 152 valence electrons. The Morgan fingerprint density at radius 1 is 1.10 bits per heavy atom. The Morgan fingerprint density at radius 3 is 2.62 bits per heavy atom. The predicted molar refractivity (Wildman–Crippen MR) is 110 cm³/mol. The summed E-state index contributed by atoms with van der Waals surface area (Å²) in [6.07, 6.45) is 2.40. The molecular formula is C21H24N4O4. The van der Waals surface area contributed by atoms with Crippen molar-refractivity contribution < 1.29 is 19.1 Å². The predicted octanol–water partition coefficient (Wildman–Crippen LogP) is 2.75. The maximum Gasteiger partial charge on any atom is 0.287 e. The van der Waals surface area contributed by atoms with E-state index in [-0.39, 0.29) is 17.4 Å². The first-order valence-corrected chi connectivity index (χ1v) is 9.42. The van der Waals surface area contributed by atoms with Crippen LogP contribution in [0.5, 0.6) is 5.75 Å². The van der Waals surface area contributed by atoms with Gasteiger partial charge in [0.15, 0.2) is 5.69 Å². The van der Waals surface area contributed by atoms with E-state index in [0.717, 1.165) is 5.75 Å². The van der Waals surface area contributed by atoms with Crippen LogP contribution in [0.1, 0.15) is 34.5 Å². The van der Waals surface area contributed by atoms with Crippen LogP contribution in [0, 0.1) is 0 Å². The molecule has 3 aromatic rings. The number of carbonyl (C=O) groups is 2. The quantitative estimate of drug-likeness (QED) is 0.543. The molecule has 0 atom stereocenters. The number of fused-ring (bicyclic) bond motifs is 1. The zero-order chi connectivity index (χ0) is 20.6. The standard InChI is InChI=1S/C21H24N4O4/c1-3-29-16-10-8-15(9-11-16)23-20(26)18-17-7-4-5-13-25(17)19(24-18)21(27)22-12-6-14-28-2/h4-5,7-11,13H,3,6,12,14H2,1-2H3,(H,22,27)(H,23,26). The maximum atomic E-state index is 12.8. The van der Waals surface area contributed by atoms with Crippen LogP contribution in [0.15, 0.2) is 48.7 Å². The third-order valence-electron chi connectivity index (χ3n) is 4.20. The van der Waals surface area contributed by atoms with Gasteiger partial charge in [0.25, 0.3) is 11.8 Å². The van der Waals surface area contributed by atoms with Gasteiger partial charge in [-0.1, -0.05) is 6.07 Å². The minimum Gasteiger partial charge on any atom is -0.494 e. The number of carbonyl (C=O) groups excluding carboxylic acids is 2. The molecule has 0 fully saturated rings. The van der Waals surface area contributed by atoms with E-state index in [2.05, 4.69) is 15.6 Å². The SMILES string of the molecule is CCOc1ccc(NC(=O)c2nc(C(=O)NCCCOC)n3ccccc23)cc1. The van der Waals surface area contributed by atoms with Crippen molar-refractivity contribution in [2.75, 3.05) is 32.2 Å². The van der Waals surface area contributed by atoms with Gasteiger partial charge in [-0.3, -0.25) is 14.0 Å². The number of ether oxygens (including phenoxy) is 2. The molecule has 8 heteroatoms. The number of rotatable bonds is 9. The van der Waals surface area contributed by atoms with Gasteiger partial charge in [-0.05, 0) is 49.7 Å². The number of aromatic nitrogens is 2. The van der Waals surface area contributed by atoms with Gasteiger partial charge < -0.3 is 20.1 Å². The highest BCUT2D eigenvalue weighted by Gasteiger charge is 2.21. The Bertz CT molecular complexity index is 982. The molecule has 2 heterocycles. The van der Waals surface area contributed by atoms with E-state index >= 15 is 0 Å². The molecule has 0 spiro atoms. The summed E-state index contributed by atoms with van der Waals surface area (Å²) in [5.74, 6) is 0.152. The molecule has 2 amide bonds. The van der Waals surface area contributed by atoms with Gasteiger partial charge in [0.05, 0.1) is 12.1 Å². The smallest absolute Gasteiger partial charge is 0.287 e. The molecule has 1 aromatic carbocycles. The van der Waals surface area contributed by atoms with Crippen LogP contribution < -0.4 is 15.4 Å². The summed E-state index contributed by atoms with van der Waals surface area (Å²) in [5, 5.41) is 5.61. The number of hydrogen-bond donors (Lipinski definition) is 2. The third kappa shape index (κ3) is 4.91. The summed E-state index contributed by atoms with van der Waals surface area (Å²) in [5.41, 5.74) is 1.35. The van der Waals surface area contributed by atoms with E-state index in [0.29, 0.717) is 37.4 Å². The molecule has 0 unspecified atom stereocenters. The van der Waals surface area contributed by atoms with Crippen molar-refractivity contribution >= 4 is 23.0 Å². The molecule has 0 aliphatic carbocycles. The topological polar surface area (TPSA) is 94.0 Å². The van der Waals surface area contributed by atoms with E-state index in [1.165, 1.54) is 0 Å². The van der Waals surface area contributed by atoms with Gasteiger partial charge in [0.2, 0.25) is 5.82 Å². The maximum absolute atomic E-state index is 12.8. The third-order valence-corrected chi connectivity index (χ3v) is 4.20. The van der Waals surface area contributed by atoms with Crippen LogP contribution in [0.25, 0.3) is 5.52 Å². The zero-order valence-electron chi connectivity index (χ0n) is 16.5. The van der Waals surface area contributed by atoms with Gasteiger partial charge in [-0.25, -0.2) is 4.98 Å². The second kappa shape index (κ2) is 9.70. The van der Waals surface area contributed by atoms with Crippen LogP contribution >= 0.6 is 0 Å². The summed E-state index contributed by atoms with van der Waals surface area (Å²) in [4.78, 5) is 29.7. The van der Waals surface area contributed by atoms with Crippen LogP contribution in [0.2, 0.25) is 0 Å². The average Bonchev–Trinajstić information content (AvgIpc) is 3.13. The molecule has 29 heavy (non-hydrogen) atoms. The summed E-state index contributed by atoms with van der Waals surface area (Å²) in [6, 6.07) is 12.4. The highest BCUT2D eigenvalue weighted by molar-refractivity contribution is 6.08. The minimum atomic E-state index is -0.392. The zero-order valence-corrected chi connectivity index (χ0v) is 16.5. The lowest BCUT2D eigenvalue weighted by Gasteiger charge is -2.06. The first-order chi connectivity index (χ1) is 14.1. The van der Waals surface area contributed by atoms with Gasteiger partial charge in [-0.15, -0.1) is 0 Å². The highest BCUT2D eigenvalue weighted by atomic mass is 16.5. The largest absolute Gasteiger partial charge is 0.494 e. The van der Waals surface area contributed by atoms with Crippen molar-refractivity contribution in [3.05, 3.63) is 60.2 Å². The number of imidazole rings is 1. The van der Waals surface area contributed by atoms with Crippen LogP contribution in [0.3, 0.4) is 0 Å². The monoisotopic (exact) mass is 396 g/mol. The number of pyridine rings is 1. The van der Waals surface area contributed by atoms with Gasteiger partial charge in [-0.2, -0.15) is 0 Å². The molecule has 0 bridgehead atoms. The van der Waals surface area contributed by atoms with E-state index in [1.807, 2.05) is 6.92 Å². The molecule has 3 rings (SSSR count). The number of nitrogens with one attached hydrogen (secondary N) is 2. The molecule has 0 aliphatic rings. The summed E-state index contributed by atoms with van der Waals surface area (Å²) >= 11 is 0. The number of amides is 2. The second-order valence-electron chi connectivity index (χ2n) is 6.25. The van der Waals surface area contributed by atoms with E-state index in [1.54, 1.807) is 60.2 Å². The van der Waals surface area contributed by atoms with E-state index in [4.69, 9.17) is 9.47 Å². The minimum absolute atomic E-state index is 0.162. The second-order valence-corrected chi connectivity index (χ2v) is 6.25. The Morgan fingerprint density at radius 2 is 1.90 bits per heavy atom. The number of anilines is 1. The lowest BCUT2D eigenvalue weighted by Crippen LogP contribution is -2.27. The normalized spacial score (nSPS) is 10.7. The van der Waals surface area contributed by atoms with Crippen LogP contribution in [0.4, 0.5) is 5.69 Å². The molecule has 0 saturated carbocycles. The molecule has 8 nitrogen and oxygen atoms in total. The van der Waals surface area contributed by atoms with Crippen molar-refractivity contribution in [3.63, 3.8) is 0 Å². The number of methoxy groups -OCH3 is 1. The average molecular weight is 396 g/mol. The highest BCUT2D eigenvalue weighted by Crippen LogP contribution is 2.18. The Balaban J connectivity index is 1.79. The lowest BCUT2D eigenvalue weighted by molar-refractivity contribution is 0.0937. The molecule has 0 aliphatic heterocycles. The van der Waals surface area contributed by atoms with Crippen molar-refractivity contribution in [2.24, 2.45) is 0 Å². The summed E-state index contributed by atoms with van der Waals surface area (Å²) in [6.45, 7) is 3.49. The summed E-state index contributed by atoms with van der Waals surface area (Å²) in [7, 11) is 1.61. The van der Waals surface area contributed by atoms with Crippen LogP contribution in [-0.4, -0.2) is 48.1 Å². The molecular weight excluding hydrogens is 372 g/mol. The first-order valence-electron chi connectivity index (χ1n) is 9.42. The molecule has 0 saturated heterocycles. The van der Waals surface area contributed by atoms with Gasteiger partial charge in [0, 0.05) is 32.1 Å². The fraction of sp³-hybridized carbons (Fsp3) is 0.286. The van der Waals surface area contributed by atoms with Crippen molar-refractivity contribution in [1.82, 2.24) is 14.7 Å².